The molecule has 2 rings (SSSR count). The molecule has 0 amide bonds. The van der Waals surface area contributed by atoms with E-state index in [1.165, 1.54) is 0 Å². The third-order valence-corrected chi connectivity index (χ3v) is 2.88. The maximum absolute atomic E-state index is 11.8. The standard InChI is InChI=1S/C14H17N3O3/c1-17-8-11(7-16-17)13(15)14(18)20-9-10-3-5-12(19-2)6-4-10/h3-8,13H,9,15H2,1-2H3. The number of esters is 1. The summed E-state index contributed by atoms with van der Waals surface area (Å²) in [5, 5.41) is 3.97. The lowest BCUT2D eigenvalue weighted by atomic mass is 10.2. The Kier molecular flexibility index (Phi) is 4.37. The molecule has 0 saturated carbocycles. The Labute approximate surface area is 117 Å². The highest BCUT2D eigenvalue weighted by atomic mass is 16.5. The van der Waals surface area contributed by atoms with Gasteiger partial charge in [0.2, 0.25) is 0 Å². The van der Waals surface area contributed by atoms with Crippen LogP contribution in [-0.4, -0.2) is 22.9 Å². The second-order valence-corrected chi connectivity index (χ2v) is 4.38. The van der Waals surface area contributed by atoms with Gasteiger partial charge in [-0.05, 0) is 17.7 Å². The van der Waals surface area contributed by atoms with E-state index >= 15 is 0 Å². The molecule has 0 fully saturated rings. The van der Waals surface area contributed by atoms with Crippen LogP contribution in [-0.2, 0) is 23.2 Å². The van der Waals surface area contributed by atoms with Crippen molar-refractivity contribution in [2.24, 2.45) is 12.8 Å². The molecule has 1 aromatic carbocycles. The van der Waals surface area contributed by atoms with Crippen LogP contribution in [0.25, 0.3) is 0 Å². The Morgan fingerprint density at radius 3 is 2.65 bits per heavy atom. The number of hydrogen-bond acceptors (Lipinski definition) is 5. The van der Waals surface area contributed by atoms with E-state index in [0.29, 0.717) is 5.56 Å². The molecule has 6 nitrogen and oxygen atoms in total. The van der Waals surface area contributed by atoms with Crippen LogP contribution in [0.2, 0.25) is 0 Å². The van der Waals surface area contributed by atoms with Crippen LogP contribution in [0, 0.1) is 0 Å². The van der Waals surface area contributed by atoms with Crippen molar-refractivity contribution in [3.05, 3.63) is 47.8 Å². The van der Waals surface area contributed by atoms with Gasteiger partial charge in [-0.15, -0.1) is 0 Å². The van der Waals surface area contributed by atoms with Crippen LogP contribution in [0.5, 0.6) is 5.75 Å². The third kappa shape index (κ3) is 3.36. The molecule has 0 aliphatic rings. The van der Waals surface area contributed by atoms with Crippen LogP contribution in [0.1, 0.15) is 17.2 Å². The molecule has 6 heteroatoms. The Morgan fingerprint density at radius 1 is 1.40 bits per heavy atom. The first kappa shape index (κ1) is 14.1. The first-order valence-corrected chi connectivity index (χ1v) is 6.14. The van der Waals surface area contributed by atoms with Crippen LogP contribution >= 0.6 is 0 Å². The minimum atomic E-state index is -0.818. The van der Waals surface area contributed by atoms with Crippen LogP contribution in [0.4, 0.5) is 0 Å². The van der Waals surface area contributed by atoms with E-state index in [1.807, 2.05) is 24.3 Å². The second kappa shape index (κ2) is 6.21. The Hall–Kier alpha value is -2.34. The van der Waals surface area contributed by atoms with E-state index in [-0.39, 0.29) is 6.61 Å². The summed E-state index contributed by atoms with van der Waals surface area (Å²) in [4.78, 5) is 11.8. The highest BCUT2D eigenvalue weighted by Gasteiger charge is 2.18. The minimum absolute atomic E-state index is 0.177. The summed E-state index contributed by atoms with van der Waals surface area (Å²) in [5.41, 5.74) is 7.32. The summed E-state index contributed by atoms with van der Waals surface area (Å²) in [6, 6.07) is 6.47. The number of hydrogen-bond donors (Lipinski definition) is 1. The van der Waals surface area contributed by atoms with E-state index in [4.69, 9.17) is 15.2 Å². The molecule has 0 aliphatic carbocycles. The number of aromatic nitrogens is 2. The van der Waals surface area contributed by atoms with Gasteiger partial charge >= 0.3 is 5.97 Å². The van der Waals surface area contributed by atoms with E-state index in [1.54, 1.807) is 31.2 Å². The summed E-state index contributed by atoms with van der Waals surface area (Å²) in [6.07, 6.45) is 3.25. The molecule has 106 valence electrons. The number of nitrogens with zero attached hydrogens (tertiary/aromatic N) is 2. The quantitative estimate of drug-likeness (QED) is 0.829. The van der Waals surface area contributed by atoms with Crippen LogP contribution in [0.3, 0.4) is 0 Å². The molecule has 20 heavy (non-hydrogen) atoms. The number of nitrogens with two attached hydrogens (primary N) is 1. The molecule has 0 saturated heterocycles. The number of carbonyl (C=O) groups is 1. The zero-order valence-corrected chi connectivity index (χ0v) is 11.4. The smallest absolute Gasteiger partial charge is 0.328 e. The van der Waals surface area contributed by atoms with Crippen molar-refractivity contribution in [1.82, 2.24) is 9.78 Å². The van der Waals surface area contributed by atoms with Crippen molar-refractivity contribution in [2.45, 2.75) is 12.6 Å². The summed E-state index contributed by atoms with van der Waals surface area (Å²) < 4.78 is 11.8. The van der Waals surface area contributed by atoms with Gasteiger partial charge in [0.1, 0.15) is 18.4 Å². The summed E-state index contributed by atoms with van der Waals surface area (Å²) >= 11 is 0. The Morgan fingerprint density at radius 2 is 2.10 bits per heavy atom. The predicted molar refractivity (Wildman–Crippen MR) is 72.9 cm³/mol. The van der Waals surface area contributed by atoms with Gasteiger partial charge in [0.05, 0.1) is 13.3 Å². The number of rotatable bonds is 5. The van der Waals surface area contributed by atoms with Crippen molar-refractivity contribution < 1.29 is 14.3 Å². The average molecular weight is 275 g/mol. The van der Waals surface area contributed by atoms with E-state index in [2.05, 4.69) is 5.10 Å². The fraction of sp³-hybridized carbons (Fsp3) is 0.286. The summed E-state index contributed by atoms with van der Waals surface area (Å²) in [7, 11) is 3.36. The lowest BCUT2D eigenvalue weighted by Crippen LogP contribution is -2.23. The van der Waals surface area contributed by atoms with Gasteiger partial charge in [0.15, 0.2) is 0 Å². The van der Waals surface area contributed by atoms with E-state index in [9.17, 15) is 4.79 Å². The molecule has 2 N–H and O–H groups in total. The first-order valence-electron chi connectivity index (χ1n) is 6.14. The lowest BCUT2D eigenvalue weighted by Gasteiger charge is -2.10. The van der Waals surface area contributed by atoms with Crippen molar-refractivity contribution in [1.29, 1.82) is 0 Å². The van der Waals surface area contributed by atoms with Gasteiger partial charge in [-0.2, -0.15) is 5.10 Å². The molecule has 1 unspecified atom stereocenters. The molecule has 0 bridgehead atoms. The van der Waals surface area contributed by atoms with E-state index in [0.717, 1.165) is 11.3 Å². The first-order chi connectivity index (χ1) is 9.60. The second-order valence-electron chi connectivity index (χ2n) is 4.38. The topological polar surface area (TPSA) is 79.4 Å². The van der Waals surface area contributed by atoms with Crippen molar-refractivity contribution in [3.8, 4) is 5.75 Å². The number of aryl methyl sites for hydroxylation is 1. The normalized spacial score (nSPS) is 11.9. The number of benzene rings is 1. The van der Waals surface area contributed by atoms with Gasteiger partial charge in [0, 0.05) is 18.8 Å². The lowest BCUT2D eigenvalue weighted by molar-refractivity contribution is -0.146. The highest BCUT2D eigenvalue weighted by molar-refractivity contribution is 5.77. The molecular weight excluding hydrogens is 258 g/mol. The van der Waals surface area contributed by atoms with Gasteiger partial charge < -0.3 is 15.2 Å². The van der Waals surface area contributed by atoms with Gasteiger partial charge in [0.25, 0.3) is 0 Å². The largest absolute Gasteiger partial charge is 0.497 e. The van der Waals surface area contributed by atoms with Crippen molar-refractivity contribution in [3.63, 3.8) is 0 Å². The Balaban J connectivity index is 1.91. The monoisotopic (exact) mass is 275 g/mol. The van der Waals surface area contributed by atoms with Gasteiger partial charge in [-0.25, -0.2) is 4.79 Å². The third-order valence-electron chi connectivity index (χ3n) is 2.88. The molecule has 0 spiro atoms. The molecule has 1 heterocycles. The molecule has 0 aliphatic heterocycles. The maximum Gasteiger partial charge on any atom is 0.328 e. The predicted octanol–water partition coefficient (Wildman–Crippen LogP) is 1.17. The zero-order valence-electron chi connectivity index (χ0n) is 11.4. The number of carbonyl (C=O) groups excluding carboxylic acids is 1. The number of ether oxygens (including phenoxy) is 2. The fourth-order valence-corrected chi connectivity index (χ4v) is 1.70. The molecule has 1 atom stereocenters. The zero-order chi connectivity index (χ0) is 14.5. The molecular formula is C14H17N3O3. The minimum Gasteiger partial charge on any atom is -0.497 e. The van der Waals surface area contributed by atoms with Gasteiger partial charge in [-0.1, -0.05) is 12.1 Å². The fourth-order valence-electron chi connectivity index (χ4n) is 1.70. The molecule has 0 radical (unpaired) electrons. The Bertz CT molecular complexity index is 578. The van der Waals surface area contributed by atoms with Crippen molar-refractivity contribution in [2.75, 3.05) is 7.11 Å². The number of methoxy groups -OCH3 is 1. The SMILES string of the molecule is COc1ccc(COC(=O)C(N)c2cnn(C)c2)cc1. The van der Waals surface area contributed by atoms with Crippen LogP contribution < -0.4 is 10.5 Å². The van der Waals surface area contributed by atoms with Gasteiger partial charge in [-0.3, -0.25) is 4.68 Å². The summed E-state index contributed by atoms with van der Waals surface area (Å²) in [5.74, 6) is 0.279. The molecule has 2 aromatic rings. The van der Waals surface area contributed by atoms with Crippen LogP contribution in [0.15, 0.2) is 36.7 Å². The highest BCUT2D eigenvalue weighted by Crippen LogP contribution is 2.14. The summed E-state index contributed by atoms with van der Waals surface area (Å²) in [6.45, 7) is 0.177. The average Bonchev–Trinajstić information content (AvgIpc) is 2.91. The van der Waals surface area contributed by atoms with Crippen molar-refractivity contribution >= 4 is 5.97 Å². The molecule has 1 aromatic heterocycles. The maximum atomic E-state index is 11.8. The van der Waals surface area contributed by atoms with E-state index < -0.39 is 12.0 Å².